The topological polar surface area (TPSA) is 77.1 Å². The van der Waals surface area contributed by atoms with Crippen LogP contribution in [0.2, 0.25) is 0 Å². The fraction of sp³-hybridized carbons (Fsp3) is 0.417. The molecular weight excluding hydrogens is 396 g/mol. The highest BCUT2D eigenvalue weighted by Gasteiger charge is 2.27. The summed E-state index contributed by atoms with van der Waals surface area (Å²) in [7, 11) is 4.81. The zero-order valence-corrected chi connectivity index (χ0v) is 18.3. The molecule has 0 atom stereocenters. The highest BCUT2D eigenvalue weighted by molar-refractivity contribution is 5.94. The molecule has 0 aliphatic carbocycles. The Morgan fingerprint density at radius 2 is 1.61 bits per heavy atom. The van der Waals surface area contributed by atoms with Crippen LogP contribution in [0.1, 0.15) is 28.8 Å². The smallest absolute Gasteiger partial charge is 0.253 e. The summed E-state index contributed by atoms with van der Waals surface area (Å²) in [6, 6.07) is 12.9. The van der Waals surface area contributed by atoms with E-state index in [1.807, 2.05) is 23.1 Å². The number of hydrogen-bond donors (Lipinski definition) is 1. The van der Waals surface area contributed by atoms with Crippen molar-refractivity contribution in [1.82, 2.24) is 10.2 Å². The van der Waals surface area contributed by atoms with Gasteiger partial charge in [0.15, 0.2) is 11.5 Å². The molecule has 1 aliphatic rings. The van der Waals surface area contributed by atoms with Gasteiger partial charge in [0.05, 0.1) is 21.3 Å². The molecule has 0 spiro atoms. The summed E-state index contributed by atoms with van der Waals surface area (Å²) in [6.07, 6.45) is 2.05. The minimum atomic E-state index is -0.0645. The molecule has 0 unspecified atom stereocenters. The van der Waals surface area contributed by atoms with E-state index in [0.717, 1.165) is 11.3 Å². The minimum absolute atomic E-state index is 0.00466. The van der Waals surface area contributed by atoms with Crippen LogP contribution in [0.5, 0.6) is 17.2 Å². The molecule has 0 aromatic heterocycles. The summed E-state index contributed by atoms with van der Waals surface area (Å²) in [5.74, 6) is 2.07. The van der Waals surface area contributed by atoms with Gasteiger partial charge in [-0.05, 0) is 61.2 Å². The van der Waals surface area contributed by atoms with Crippen LogP contribution in [0.25, 0.3) is 0 Å². The van der Waals surface area contributed by atoms with Crippen molar-refractivity contribution in [3.63, 3.8) is 0 Å². The second kappa shape index (κ2) is 10.7. The van der Waals surface area contributed by atoms with E-state index in [-0.39, 0.29) is 17.7 Å². The summed E-state index contributed by atoms with van der Waals surface area (Å²) in [6.45, 7) is 1.72. The molecule has 1 saturated heterocycles. The molecule has 7 nitrogen and oxygen atoms in total. The molecule has 2 amide bonds. The van der Waals surface area contributed by atoms with Crippen LogP contribution < -0.4 is 19.5 Å². The summed E-state index contributed by atoms with van der Waals surface area (Å²) >= 11 is 0. The Hall–Kier alpha value is -3.22. The number of nitrogens with zero attached hydrogens (tertiary/aromatic N) is 1. The number of carbonyl (C=O) groups is 2. The number of likely N-dealkylation sites (tertiary alicyclic amines) is 1. The molecule has 1 heterocycles. The van der Waals surface area contributed by atoms with Crippen LogP contribution in [0, 0.1) is 5.92 Å². The molecule has 2 aromatic rings. The summed E-state index contributed by atoms with van der Waals surface area (Å²) in [4.78, 5) is 27.0. The standard InChI is InChI=1S/C24H30N2O5/c1-29-20-7-5-19(6-8-20)24(28)26-14-11-18(12-15-26)23(27)25-13-10-17-4-9-21(30-2)22(16-17)31-3/h4-9,16,18H,10-15H2,1-3H3,(H,25,27). The Kier molecular flexibility index (Phi) is 7.76. The number of hydrogen-bond acceptors (Lipinski definition) is 5. The average Bonchev–Trinajstić information content (AvgIpc) is 2.83. The average molecular weight is 427 g/mol. The number of rotatable bonds is 8. The molecule has 7 heteroatoms. The van der Waals surface area contributed by atoms with Gasteiger partial charge in [-0.25, -0.2) is 0 Å². The van der Waals surface area contributed by atoms with E-state index < -0.39 is 0 Å². The highest BCUT2D eigenvalue weighted by Crippen LogP contribution is 2.27. The zero-order chi connectivity index (χ0) is 22.2. The summed E-state index contributed by atoms with van der Waals surface area (Å²) in [5.41, 5.74) is 1.71. The zero-order valence-electron chi connectivity index (χ0n) is 18.3. The van der Waals surface area contributed by atoms with Gasteiger partial charge in [0.2, 0.25) is 5.91 Å². The summed E-state index contributed by atoms with van der Waals surface area (Å²) < 4.78 is 15.7. The Bertz CT molecular complexity index is 889. The molecule has 1 N–H and O–H groups in total. The number of nitrogens with one attached hydrogen (secondary N) is 1. The first-order valence-electron chi connectivity index (χ1n) is 10.5. The Labute approximate surface area is 183 Å². The lowest BCUT2D eigenvalue weighted by atomic mass is 9.95. The lowest BCUT2D eigenvalue weighted by molar-refractivity contribution is -0.126. The maximum atomic E-state index is 12.7. The largest absolute Gasteiger partial charge is 0.497 e. The van der Waals surface area contributed by atoms with Gasteiger partial charge in [-0.1, -0.05) is 6.07 Å². The van der Waals surface area contributed by atoms with Gasteiger partial charge in [0, 0.05) is 31.1 Å². The van der Waals surface area contributed by atoms with Crippen LogP contribution in [0.15, 0.2) is 42.5 Å². The predicted octanol–water partition coefficient (Wildman–Crippen LogP) is 2.92. The van der Waals surface area contributed by atoms with Gasteiger partial charge in [0.25, 0.3) is 5.91 Å². The van der Waals surface area contributed by atoms with E-state index in [4.69, 9.17) is 14.2 Å². The number of amides is 2. The van der Waals surface area contributed by atoms with Crippen LogP contribution in [0.4, 0.5) is 0 Å². The van der Waals surface area contributed by atoms with Crippen LogP contribution in [0.3, 0.4) is 0 Å². The molecule has 0 radical (unpaired) electrons. The minimum Gasteiger partial charge on any atom is -0.497 e. The van der Waals surface area contributed by atoms with Crippen molar-refractivity contribution >= 4 is 11.8 Å². The molecular formula is C24H30N2O5. The van der Waals surface area contributed by atoms with E-state index >= 15 is 0 Å². The third-order valence-electron chi connectivity index (χ3n) is 5.65. The molecule has 166 valence electrons. The van der Waals surface area contributed by atoms with E-state index in [9.17, 15) is 9.59 Å². The molecule has 0 saturated carbocycles. The SMILES string of the molecule is COc1ccc(C(=O)N2CCC(C(=O)NCCc3ccc(OC)c(OC)c3)CC2)cc1. The van der Waals surface area contributed by atoms with E-state index in [1.165, 1.54) is 0 Å². The van der Waals surface area contributed by atoms with Crippen molar-refractivity contribution in [3.8, 4) is 17.2 Å². The quantitative estimate of drug-likeness (QED) is 0.702. The Balaban J connectivity index is 1.44. The van der Waals surface area contributed by atoms with Gasteiger partial charge in [0.1, 0.15) is 5.75 Å². The first-order chi connectivity index (χ1) is 15.0. The van der Waals surface area contributed by atoms with Crippen molar-refractivity contribution in [2.24, 2.45) is 5.92 Å². The van der Waals surface area contributed by atoms with E-state index in [0.29, 0.717) is 56.0 Å². The molecule has 3 rings (SSSR count). The third-order valence-corrected chi connectivity index (χ3v) is 5.65. The van der Waals surface area contributed by atoms with Crippen molar-refractivity contribution in [1.29, 1.82) is 0 Å². The first kappa shape index (κ1) is 22.5. The lowest BCUT2D eigenvalue weighted by Gasteiger charge is -2.31. The lowest BCUT2D eigenvalue weighted by Crippen LogP contribution is -2.43. The van der Waals surface area contributed by atoms with Crippen molar-refractivity contribution < 1.29 is 23.8 Å². The molecule has 31 heavy (non-hydrogen) atoms. The fourth-order valence-corrected chi connectivity index (χ4v) is 3.77. The maximum absolute atomic E-state index is 12.7. The second-order valence-electron chi connectivity index (χ2n) is 7.53. The predicted molar refractivity (Wildman–Crippen MR) is 118 cm³/mol. The van der Waals surface area contributed by atoms with Crippen LogP contribution in [-0.2, 0) is 11.2 Å². The number of methoxy groups -OCH3 is 3. The molecule has 0 bridgehead atoms. The van der Waals surface area contributed by atoms with Gasteiger partial charge in [-0.2, -0.15) is 0 Å². The second-order valence-corrected chi connectivity index (χ2v) is 7.53. The monoisotopic (exact) mass is 426 g/mol. The fourth-order valence-electron chi connectivity index (χ4n) is 3.77. The van der Waals surface area contributed by atoms with Crippen LogP contribution >= 0.6 is 0 Å². The Morgan fingerprint density at radius 3 is 2.23 bits per heavy atom. The van der Waals surface area contributed by atoms with Crippen molar-refractivity contribution in [2.45, 2.75) is 19.3 Å². The normalized spacial score (nSPS) is 14.1. The van der Waals surface area contributed by atoms with E-state index in [2.05, 4.69) is 5.32 Å². The maximum Gasteiger partial charge on any atom is 0.253 e. The molecule has 1 aliphatic heterocycles. The van der Waals surface area contributed by atoms with Gasteiger partial charge < -0.3 is 24.4 Å². The van der Waals surface area contributed by atoms with E-state index in [1.54, 1.807) is 45.6 Å². The highest BCUT2D eigenvalue weighted by atomic mass is 16.5. The molecule has 2 aromatic carbocycles. The Morgan fingerprint density at radius 1 is 0.935 bits per heavy atom. The number of piperidine rings is 1. The summed E-state index contributed by atoms with van der Waals surface area (Å²) in [5, 5.41) is 3.03. The molecule has 1 fully saturated rings. The number of ether oxygens (including phenoxy) is 3. The van der Waals surface area contributed by atoms with Gasteiger partial charge >= 0.3 is 0 Å². The first-order valence-corrected chi connectivity index (χ1v) is 10.5. The third kappa shape index (κ3) is 5.69. The van der Waals surface area contributed by atoms with Gasteiger partial charge in [-0.15, -0.1) is 0 Å². The number of benzene rings is 2. The van der Waals surface area contributed by atoms with Gasteiger partial charge in [-0.3, -0.25) is 9.59 Å². The van der Waals surface area contributed by atoms with Crippen LogP contribution in [-0.4, -0.2) is 57.7 Å². The number of carbonyl (C=O) groups excluding carboxylic acids is 2. The van der Waals surface area contributed by atoms with Crippen molar-refractivity contribution in [2.75, 3.05) is 41.0 Å². The van der Waals surface area contributed by atoms with Crippen molar-refractivity contribution in [3.05, 3.63) is 53.6 Å².